The molecule has 5 heteroatoms. The van der Waals surface area contributed by atoms with Gasteiger partial charge in [-0.05, 0) is 43.0 Å². The van der Waals surface area contributed by atoms with Gasteiger partial charge in [0.15, 0.2) is 0 Å². The summed E-state index contributed by atoms with van der Waals surface area (Å²) in [5.41, 5.74) is 0.598. The maximum atomic E-state index is 12.8. The quantitative estimate of drug-likeness (QED) is 0.885. The van der Waals surface area contributed by atoms with Crippen LogP contribution in [0.25, 0.3) is 0 Å². The molecule has 0 saturated carbocycles. The highest BCUT2D eigenvalue weighted by Crippen LogP contribution is 2.19. The lowest BCUT2D eigenvalue weighted by atomic mass is 9.92. The number of amides is 1. The summed E-state index contributed by atoms with van der Waals surface area (Å²) in [6.45, 7) is 3.83. The lowest BCUT2D eigenvalue weighted by Crippen LogP contribution is -2.45. The third kappa shape index (κ3) is 4.02. The molecule has 1 amide bonds. The molecule has 2 unspecified atom stereocenters. The van der Waals surface area contributed by atoms with Gasteiger partial charge in [-0.3, -0.25) is 9.69 Å². The summed E-state index contributed by atoms with van der Waals surface area (Å²) >= 11 is 0. The van der Waals surface area contributed by atoms with Crippen LogP contribution in [-0.2, 0) is 4.79 Å². The van der Waals surface area contributed by atoms with Crippen LogP contribution in [-0.4, -0.2) is 41.7 Å². The normalized spacial score (nSPS) is 23.6. The first-order valence-corrected chi connectivity index (χ1v) is 7.04. The molecule has 1 saturated heterocycles. The molecule has 1 aliphatic rings. The highest BCUT2D eigenvalue weighted by atomic mass is 19.1. The average Bonchev–Trinajstić information content (AvgIpc) is 2.43. The molecule has 20 heavy (non-hydrogen) atoms. The maximum absolute atomic E-state index is 12.8. The van der Waals surface area contributed by atoms with Gasteiger partial charge in [0.05, 0.1) is 12.6 Å². The summed E-state index contributed by atoms with van der Waals surface area (Å²) < 4.78 is 12.8. The molecular formula is C15H21FN2O2. The Kier molecular flexibility index (Phi) is 5.09. The predicted octanol–water partition coefficient (Wildman–Crippen LogP) is 1.86. The SMILES string of the molecule is CCC1CN(CC(=O)Nc2ccc(F)cc2)CCC1O. The van der Waals surface area contributed by atoms with E-state index in [0.29, 0.717) is 18.7 Å². The van der Waals surface area contributed by atoms with Gasteiger partial charge in [0, 0.05) is 18.8 Å². The van der Waals surface area contributed by atoms with E-state index in [2.05, 4.69) is 17.1 Å². The van der Waals surface area contributed by atoms with Gasteiger partial charge in [-0.1, -0.05) is 6.92 Å². The molecule has 0 aliphatic carbocycles. The topological polar surface area (TPSA) is 52.6 Å². The molecular weight excluding hydrogens is 259 g/mol. The third-order valence-electron chi connectivity index (χ3n) is 3.80. The zero-order valence-electron chi connectivity index (χ0n) is 11.7. The Morgan fingerprint density at radius 3 is 2.80 bits per heavy atom. The van der Waals surface area contributed by atoms with Crippen molar-refractivity contribution in [3.63, 3.8) is 0 Å². The minimum atomic E-state index is -0.321. The molecule has 4 nitrogen and oxygen atoms in total. The number of piperidine rings is 1. The minimum Gasteiger partial charge on any atom is -0.393 e. The van der Waals surface area contributed by atoms with E-state index in [9.17, 15) is 14.3 Å². The Hall–Kier alpha value is -1.46. The van der Waals surface area contributed by atoms with Crippen LogP contribution in [0.3, 0.4) is 0 Å². The van der Waals surface area contributed by atoms with Gasteiger partial charge in [-0.2, -0.15) is 0 Å². The largest absolute Gasteiger partial charge is 0.393 e. The number of hydrogen-bond donors (Lipinski definition) is 2. The van der Waals surface area contributed by atoms with E-state index in [-0.39, 0.29) is 23.7 Å². The first-order chi connectivity index (χ1) is 9.58. The number of benzene rings is 1. The molecule has 0 aromatic heterocycles. The fraction of sp³-hybridized carbons (Fsp3) is 0.533. The van der Waals surface area contributed by atoms with Crippen molar-refractivity contribution in [1.82, 2.24) is 4.90 Å². The van der Waals surface area contributed by atoms with Gasteiger partial charge in [0.25, 0.3) is 0 Å². The van der Waals surface area contributed by atoms with Crippen LogP contribution in [0, 0.1) is 11.7 Å². The fourth-order valence-electron chi connectivity index (χ4n) is 2.58. The smallest absolute Gasteiger partial charge is 0.238 e. The van der Waals surface area contributed by atoms with E-state index in [1.54, 1.807) is 12.1 Å². The van der Waals surface area contributed by atoms with Crippen molar-refractivity contribution in [3.8, 4) is 0 Å². The number of halogens is 1. The first-order valence-electron chi connectivity index (χ1n) is 7.04. The van der Waals surface area contributed by atoms with Crippen LogP contribution in [0.1, 0.15) is 19.8 Å². The van der Waals surface area contributed by atoms with Crippen LogP contribution in [0.2, 0.25) is 0 Å². The number of aliphatic hydroxyl groups excluding tert-OH is 1. The van der Waals surface area contributed by atoms with Crippen molar-refractivity contribution in [2.24, 2.45) is 5.92 Å². The lowest BCUT2D eigenvalue weighted by Gasteiger charge is -2.35. The van der Waals surface area contributed by atoms with Crippen molar-refractivity contribution in [2.45, 2.75) is 25.9 Å². The number of aliphatic hydroxyl groups is 1. The number of nitrogens with zero attached hydrogens (tertiary/aromatic N) is 1. The molecule has 0 bridgehead atoms. The Morgan fingerprint density at radius 2 is 2.15 bits per heavy atom. The van der Waals surface area contributed by atoms with Crippen molar-refractivity contribution in [1.29, 1.82) is 0 Å². The molecule has 0 radical (unpaired) electrons. The van der Waals surface area contributed by atoms with E-state index in [0.717, 1.165) is 19.5 Å². The Bertz CT molecular complexity index is 450. The van der Waals surface area contributed by atoms with E-state index in [1.165, 1.54) is 12.1 Å². The first kappa shape index (κ1) is 14.9. The van der Waals surface area contributed by atoms with Gasteiger partial charge < -0.3 is 10.4 Å². The second-order valence-electron chi connectivity index (χ2n) is 5.31. The summed E-state index contributed by atoms with van der Waals surface area (Å²) in [6.07, 6.45) is 1.37. The number of carbonyl (C=O) groups is 1. The molecule has 1 aromatic rings. The molecule has 0 spiro atoms. The van der Waals surface area contributed by atoms with Crippen molar-refractivity contribution in [2.75, 3.05) is 25.0 Å². The van der Waals surface area contributed by atoms with E-state index >= 15 is 0 Å². The Labute approximate surface area is 118 Å². The van der Waals surface area contributed by atoms with E-state index in [4.69, 9.17) is 0 Å². The summed E-state index contributed by atoms with van der Waals surface area (Å²) in [6, 6.07) is 5.73. The van der Waals surface area contributed by atoms with E-state index < -0.39 is 0 Å². The monoisotopic (exact) mass is 280 g/mol. The summed E-state index contributed by atoms with van der Waals surface area (Å²) in [4.78, 5) is 14.0. The van der Waals surface area contributed by atoms with Crippen LogP contribution in [0.5, 0.6) is 0 Å². The molecule has 1 fully saturated rings. The third-order valence-corrected chi connectivity index (χ3v) is 3.80. The summed E-state index contributed by atoms with van der Waals surface area (Å²) in [7, 11) is 0. The van der Waals surface area contributed by atoms with E-state index in [1.807, 2.05) is 0 Å². The average molecular weight is 280 g/mol. The van der Waals surface area contributed by atoms with Gasteiger partial charge in [0.1, 0.15) is 5.82 Å². The van der Waals surface area contributed by atoms with Gasteiger partial charge in [-0.15, -0.1) is 0 Å². The number of rotatable bonds is 4. The van der Waals surface area contributed by atoms with Crippen LogP contribution >= 0.6 is 0 Å². The zero-order valence-corrected chi connectivity index (χ0v) is 11.7. The fourth-order valence-corrected chi connectivity index (χ4v) is 2.58. The number of carbonyl (C=O) groups excluding carboxylic acids is 1. The van der Waals surface area contributed by atoms with Crippen molar-refractivity contribution < 1.29 is 14.3 Å². The van der Waals surface area contributed by atoms with Gasteiger partial charge in [0.2, 0.25) is 5.91 Å². The second kappa shape index (κ2) is 6.81. The van der Waals surface area contributed by atoms with Crippen LogP contribution in [0.15, 0.2) is 24.3 Å². The molecule has 1 aromatic carbocycles. The zero-order chi connectivity index (χ0) is 14.5. The second-order valence-corrected chi connectivity index (χ2v) is 5.31. The minimum absolute atomic E-state index is 0.108. The summed E-state index contributed by atoms with van der Waals surface area (Å²) in [5.74, 6) is -0.191. The molecule has 2 rings (SSSR count). The highest BCUT2D eigenvalue weighted by molar-refractivity contribution is 5.92. The number of anilines is 1. The molecule has 1 heterocycles. The van der Waals surface area contributed by atoms with Crippen molar-refractivity contribution >= 4 is 11.6 Å². The standard InChI is InChI=1S/C15H21FN2O2/c1-2-11-9-18(8-7-14(11)19)10-15(20)17-13-5-3-12(16)4-6-13/h3-6,11,14,19H,2,7-10H2,1H3,(H,17,20). The number of hydrogen-bond acceptors (Lipinski definition) is 3. The number of likely N-dealkylation sites (tertiary alicyclic amines) is 1. The lowest BCUT2D eigenvalue weighted by molar-refractivity contribution is -0.118. The Balaban J connectivity index is 1.84. The molecule has 1 aliphatic heterocycles. The molecule has 2 atom stereocenters. The van der Waals surface area contributed by atoms with Crippen LogP contribution in [0.4, 0.5) is 10.1 Å². The summed E-state index contributed by atoms with van der Waals surface area (Å²) in [5, 5.41) is 12.6. The van der Waals surface area contributed by atoms with Gasteiger partial charge >= 0.3 is 0 Å². The van der Waals surface area contributed by atoms with Gasteiger partial charge in [-0.25, -0.2) is 4.39 Å². The maximum Gasteiger partial charge on any atom is 0.238 e. The molecule has 2 N–H and O–H groups in total. The Morgan fingerprint density at radius 1 is 1.45 bits per heavy atom. The van der Waals surface area contributed by atoms with Crippen LogP contribution < -0.4 is 5.32 Å². The highest BCUT2D eigenvalue weighted by Gasteiger charge is 2.27. The molecule has 110 valence electrons. The predicted molar refractivity (Wildman–Crippen MR) is 75.9 cm³/mol. The van der Waals surface area contributed by atoms with Crippen molar-refractivity contribution in [3.05, 3.63) is 30.1 Å². The number of nitrogens with one attached hydrogen (secondary N) is 1.